The van der Waals surface area contributed by atoms with E-state index in [9.17, 15) is 9.59 Å². The van der Waals surface area contributed by atoms with Crippen molar-refractivity contribution in [2.24, 2.45) is 0 Å². The minimum absolute atomic E-state index is 0.0332. The van der Waals surface area contributed by atoms with E-state index in [1.165, 1.54) is 16.7 Å². The number of hydrogen-bond acceptors (Lipinski definition) is 5. The van der Waals surface area contributed by atoms with Crippen LogP contribution in [0.2, 0.25) is 0 Å². The average molecular weight is 429 g/mol. The molecule has 1 N–H and O–H groups in total. The Balaban J connectivity index is 1.45. The van der Waals surface area contributed by atoms with Crippen molar-refractivity contribution in [3.63, 3.8) is 0 Å². The van der Waals surface area contributed by atoms with Crippen LogP contribution in [0.25, 0.3) is 16.7 Å². The number of H-pyrrole nitrogens is 1. The molecular formula is C24H23N5O3. The number of aromatic nitrogens is 4. The first-order valence-corrected chi connectivity index (χ1v) is 10.9. The topological polar surface area (TPSA) is 92.6 Å². The van der Waals surface area contributed by atoms with E-state index >= 15 is 0 Å². The number of nitrogens with one attached hydrogen (secondary N) is 1. The minimum Gasteiger partial charge on any atom is -0.381 e. The highest BCUT2D eigenvalue weighted by molar-refractivity contribution is 5.99. The third-order valence-electron chi connectivity index (χ3n) is 6.75. The molecule has 1 amide bonds. The second-order valence-electron chi connectivity index (χ2n) is 8.79. The van der Waals surface area contributed by atoms with Gasteiger partial charge in [-0.1, -0.05) is 18.2 Å². The third kappa shape index (κ3) is 2.79. The molecule has 2 aliphatic rings. The van der Waals surface area contributed by atoms with Crippen molar-refractivity contribution >= 4 is 22.6 Å². The summed E-state index contributed by atoms with van der Waals surface area (Å²) in [5.74, 6) is 0.801. The lowest BCUT2D eigenvalue weighted by atomic mass is 10.0. The summed E-state index contributed by atoms with van der Waals surface area (Å²) in [5, 5.41) is 8.44. The molecule has 2 aromatic carbocycles. The zero-order valence-corrected chi connectivity index (χ0v) is 18.0. The summed E-state index contributed by atoms with van der Waals surface area (Å²) < 4.78 is 7.34. The molecule has 32 heavy (non-hydrogen) atoms. The van der Waals surface area contributed by atoms with Crippen LogP contribution in [-0.4, -0.2) is 43.6 Å². The highest BCUT2D eigenvalue weighted by Gasteiger charge is 2.28. The number of aromatic amines is 1. The molecule has 1 saturated heterocycles. The van der Waals surface area contributed by atoms with Crippen molar-refractivity contribution in [2.75, 3.05) is 13.2 Å². The lowest BCUT2D eigenvalue weighted by Crippen LogP contribution is -2.26. The van der Waals surface area contributed by atoms with Crippen LogP contribution in [-0.2, 0) is 17.8 Å². The summed E-state index contributed by atoms with van der Waals surface area (Å²) in [6, 6.07) is 9.93. The van der Waals surface area contributed by atoms with Gasteiger partial charge in [0.2, 0.25) is 5.65 Å². The quantitative estimate of drug-likeness (QED) is 0.529. The minimum atomic E-state index is -0.318. The van der Waals surface area contributed by atoms with Crippen LogP contribution in [0.15, 0.2) is 35.1 Å². The molecule has 1 unspecified atom stereocenters. The highest BCUT2D eigenvalue weighted by atomic mass is 16.5. The van der Waals surface area contributed by atoms with E-state index in [4.69, 9.17) is 4.74 Å². The lowest BCUT2D eigenvalue weighted by Gasteiger charge is -2.18. The molecule has 1 atom stereocenters. The average Bonchev–Trinajstić information content (AvgIpc) is 3.52. The van der Waals surface area contributed by atoms with Crippen molar-refractivity contribution in [1.29, 1.82) is 0 Å². The molecule has 0 radical (unpaired) electrons. The van der Waals surface area contributed by atoms with E-state index in [1.807, 2.05) is 28.4 Å². The van der Waals surface area contributed by atoms with Gasteiger partial charge in [0.25, 0.3) is 11.5 Å². The molecule has 0 aliphatic carbocycles. The van der Waals surface area contributed by atoms with Crippen LogP contribution in [0.3, 0.4) is 0 Å². The SMILES string of the molecule is Cc1cc2c(cc1C(=O)N1Cc3cccc(C)c3C1)[nH]c(=O)c1nnc(C3CCOC3)n12. The van der Waals surface area contributed by atoms with E-state index in [1.54, 1.807) is 6.07 Å². The van der Waals surface area contributed by atoms with Gasteiger partial charge in [-0.05, 0) is 54.7 Å². The molecule has 162 valence electrons. The van der Waals surface area contributed by atoms with Crippen molar-refractivity contribution in [3.05, 3.63) is 74.3 Å². The van der Waals surface area contributed by atoms with Crippen LogP contribution in [0.5, 0.6) is 0 Å². The predicted molar refractivity (Wildman–Crippen MR) is 119 cm³/mol. The van der Waals surface area contributed by atoms with Crippen molar-refractivity contribution in [2.45, 2.75) is 39.3 Å². The van der Waals surface area contributed by atoms with Crippen molar-refractivity contribution in [3.8, 4) is 0 Å². The molecule has 1 fully saturated rings. The van der Waals surface area contributed by atoms with Crippen LogP contribution >= 0.6 is 0 Å². The van der Waals surface area contributed by atoms with Gasteiger partial charge in [0, 0.05) is 31.2 Å². The number of carbonyl (C=O) groups excluding carboxylic acids is 1. The van der Waals surface area contributed by atoms with Gasteiger partial charge in [-0.3, -0.25) is 14.0 Å². The number of rotatable bonds is 2. The standard InChI is InChI=1S/C24H23N5O3/c1-13-4-3-5-15-10-28(11-18(13)15)24(31)17-9-19-20(8-14(17)2)29-21(16-6-7-32-12-16)26-27-22(29)23(30)25-19/h3-5,8-9,16H,6-7,10-12H2,1-2H3,(H,25,30). The zero-order chi connectivity index (χ0) is 22.0. The Bertz CT molecular complexity index is 1460. The second kappa shape index (κ2) is 7.00. The first-order valence-electron chi connectivity index (χ1n) is 10.9. The summed E-state index contributed by atoms with van der Waals surface area (Å²) in [4.78, 5) is 30.9. The normalized spacial score (nSPS) is 18.1. The monoisotopic (exact) mass is 429 g/mol. The lowest BCUT2D eigenvalue weighted by molar-refractivity contribution is 0.0750. The fraction of sp³-hybridized carbons (Fsp3) is 0.333. The molecule has 2 aliphatic heterocycles. The van der Waals surface area contributed by atoms with Gasteiger partial charge >= 0.3 is 0 Å². The molecule has 0 saturated carbocycles. The van der Waals surface area contributed by atoms with Gasteiger partial charge in [0.15, 0.2) is 0 Å². The Kier molecular flexibility index (Phi) is 4.19. The van der Waals surface area contributed by atoms with Crippen molar-refractivity contribution < 1.29 is 9.53 Å². The molecule has 4 heterocycles. The second-order valence-corrected chi connectivity index (χ2v) is 8.79. The van der Waals surface area contributed by atoms with E-state index in [2.05, 4.69) is 34.2 Å². The molecule has 8 heteroatoms. The number of benzene rings is 2. The Hall–Kier alpha value is -3.52. The Morgan fingerprint density at radius 1 is 1.16 bits per heavy atom. The van der Waals surface area contributed by atoms with Crippen LogP contribution in [0, 0.1) is 13.8 Å². The molecule has 2 aromatic heterocycles. The molecule has 4 aromatic rings. The highest BCUT2D eigenvalue weighted by Crippen LogP contribution is 2.30. The van der Waals surface area contributed by atoms with Crippen LogP contribution in [0.1, 0.15) is 50.8 Å². The van der Waals surface area contributed by atoms with Crippen LogP contribution < -0.4 is 5.56 Å². The zero-order valence-electron chi connectivity index (χ0n) is 18.0. The largest absolute Gasteiger partial charge is 0.381 e. The van der Waals surface area contributed by atoms with E-state index in [0.717, 1.165) is 23.3 Å². The number of ether oxygens (including phenoxy) is 1. The number of nitrogens with zero attached hydrogens (tertiary/aromatic N) is 4. The maximum Gasteiger partial charge on any atom is 0.294 e. The van der Waals surface area contributed by atoms with Gasteiger partial charge in [0.05, 0.1) is 17.6 Å². The summed E-state index contributed by atoms with van der Waals surface area (Å²) >= 11 is 0. The van der Waals surface area contributed by atoms with Crippen molar-refractivity contribution in [1.82, 2.24) is 24.5 Å². The molecule has 0 spiro atoms. The fourth-order valence-corrected chi connectivity index (χ4v) is 4.97. The first-order chi connectivity index (χ1) is 15.5. The van der Waals surface area contributed by atoms with E-state index in [0.29, 0.717) is 37.4 Å². The summed E-state index contributed by atoms with van der Waals surface area (Å²) in [6.45, 7) is 6.46. The number of hydrogen-bond donors (Lipinski definition) is 1. The predicted octanol–water partition coefficient (Wildman–Crippen LogP) is 2.85. The van der Waals surface area contributed by atoms with Gasteiger partial charge in [-0.2, -0.15) is 0 Å². The van der Waals surface area contributed by atoms with Crippen LogP contribution in [0.4, 0.5) is 0 Å². The van der Waals surface area contributed by atoms with E-state index in [-0.39, 0.29) is 23.0 Å². The molecular weight excluding hydrogens is 406 g/mol. The summed E-state index contributed by atoms with van der Waals surface area (Å²) in [6.07, 6.45) is 0.847. The number of fused-ring (bicyclic) bond motifs is 4. The summed E-state index contributed by atoms with van der Waals surface area (Å²) in [7, 11) is 0. The fourth-order valence-electron chi connectivity index (χ4n) is 4.97. The molecule has 0 bridgehead atoms. The molecule has 8 nitrogen and oxygen atoms in total. The Morgan fingerprint density at radius 3 is 2.81 bits per heavy atom. The summed E-state index contributed by atoms with van der Waals surface area (Å²) in [5.41, 5.74) is 6.41. The Labute approximate surface area is 183 Å². The Morgan fingerprint density at radius 2 is 2.03 bits per heavy atom. The maximum atomic E-state index is 13.5. The maximum absolute atomic E-state index is 13.5. The first kappa shape index (κ1) is 19.2. The number of carbonyl (C=O) groups is 1. The van der Waals surface area contributed by atoms with Gasteiger partial charge < -0.3 is 14.6 Å². The van der Waals surface area contributed by atoms with Gasteiger partial charge in [-0.15, -0.1) is 10.2 Å². The van der Waals surface area contributed by atoms with Gasteiger partial charge in [-0.25, -0.2) is 0 Å². The third-order valence-corrected chi connectivity index (χ3v) is 6.75. The smallest absolute Gasteiger partial charge is 0.294 e. The van der Waals surface area contributed by atoms with Gasteiger partial charge in [0.1, 0.15) is 5.82 Å². The van der Waals surface area contributed by atoms with E-state index < -0.39 is 0 Å². The molecule has 6 rings (SSSR count). The number of amides is 1. The number of aryl methyl sites for hydroxylation is 2.